The molecule has 0 radical (unpaired) electrons. The van der Waals surface area contributed by atoms with Gasteiger partial charge < -0.3 is 15.0 Å². The molecule has 22 heavy (non-hydrogen) atoms. The molecule has 7 nitrogen and oxygen atoms in total. The third-order valence-electron chi connectivity index (χ3n) is 3.05. The second kappa shape index (κ2) is 6.21. The van der Waals surface area contributed by atoms with Crippen molar-refractivity contribution in [3.63, 3.8) is 0 Å². The van der Waals surface area contributed by atoms with E-state index in [0.29, 0.717) is 30.1 Å². The highest BCUT2D eigenvalue weighted by Gasteiger charge is 2.15. The molecule has 112 valence electrons. The summed E-state index contributed by atoms with van der Waals surface area (Å²) < 4.78 is 4.93. The van der Waals surface area contributed by atoms with Gasteiger partial charge in [0, 0.05) is 6.54 Å². The summed E-state index contributed by atoms with van der Waals surface area (Å²) in [6, 6.07) is 9.94. The third kappa shape index (κ3) is 2.88. The summed E-state index contributed by atoms with van der Waals surface area (Å²) in [5, 5.41) is 3.20. The molecule has 2 heterocycles. The summed E-state index contributed by atoms with van der Waals surface area (Å²) in [4.78, 5) is 27.1. The van der Waals surface area contributed by atoms with Crippen molar-refractivity contribution in [2.75, 3.05) is 11.9 Å². The van der Waals surface area contributed by atoms with Crippen molar-refractivity contribution < 1.29 is 9.53 Å². The SMILES string of the molecule is CCOC(=O)c1nc2c(NCc3ccccc3)ncnc2[nH]1. The number of nitrogens with zero attached hydrogens (tertiary/aromatic N) is 3. The van der Waals surface area contributed by atoms with E-state index in [1.54, 1.807) is 6.92 Å². The van der Waals surface area contributed by atoms with Gasteiger partial charge in [0.05, 0.1) is 6.61 Å². The van der Waals surface area contributed by atoms with E-state index in [1.807, 2.05) is 30.3 Å². The van der Waals surface area contributed by atoms with Crippen LogP contribution >= 0.6 is 0 Å². The zero-order chi connectivity index (χ0) is 15.4. The maximum Gasteiger partial charge on any atom is 0.374 e. The van der Waals surface area contributed by atoms with Crippen LogP contribution in [0.2, 0.25) is 0 Å². The van der Waals surface area contributed by atoms with Gasteiger partial charge in [0.25, 0.3) is 0 Å². The second-order valence-corrected chi connectivity index (χ2v) is 4.56. The molecule has 0 fully saturated rings. The van der Waals surface area contributed by atoms with Gasteiger partial charge in [0.1, 0.15) is 6.33 Å². The number of hydrogen-bond donors (Lipinski definition) is 2. The summed E-state index contributed by atoms with van der Waals surface area (Å²) in [7, 11) is 0. The Morgan fingerprint density at radius 2 is 2.09 bits per heavy atom. The fourth-order valence-electron chi connectivity index (χ4n) is 2.04. The number of esters is 1. The third-order valence-corrected chi connectivity index (χ3v) is 3.05. The first-order valence-electron chi connectivity index (χ1n) is 6.93. The molecule has 0 amide bonds. The van der Waals surface area contributed by atoms with E-state index in [4.69, 9.17) is 4.74 Å². The average molecular weight is 297 g/mol. The molecule has 0 aliphatic heterocycles. The van der Waals surface area contributed by atoms with Crippen LogP contribution in [0.15, 0.2) is 36.7 Å². The van der Waals surface area contributed by atoms with E-state index in [9.17, 15) is 4.79 Å². The molecular formula is C15H15N5O2. The number of carbonyl (C=O) groups excluding carboxylic acids is 1. The van der Waals surface area contributed by atoms with Crippen LogP contribution in [0.3, 0.4) is 0 Å². The van der Waals surface area contributed by atoms with Gasteiger partial charge in [-0.3, -0.25) is 0 Å². The number of imidazole rings is 1. The molecule has 0 atom stereocenters. The minimum Gasteiger partial charge on any atom is -0.460 e. The van der Waals surface area contributed by atoms with Gasteiger partial charge in [0.2, 0.25) is 5.82 Å². The van der Waals surface area contributed by atoms with Crippen LogP contribution in [-0.2, 0) is 11.3 Å². The van der Waals surface area contributed by atoms with E-state index in [2.05, 4.69) is 25.3 Å². The number of H-pyrrole nitrogens is 1. The highest BCUT2D eigenvalue weighted by Crippen LogP contribution is 2.17. The molecule has 0 aliphatic carbocycles. The number of anilines is 1. The summed E-state index contributed by atoms with van der Waals surface area (Å²) >= 11 is 0. The number of benzene rings is 1. The lowest BCUT2D eigenvalue weighted by molar-refractivity contribution is 0.0513. The smallest absolute Gasteiger partial charge is 0.374 e. The van der Waals surface area contributed by atoms with E-state index < -0.39 is 5.97 Å². The van der Waals surface area contributed by atoms with Gasteiger partial charge in [-0.15, -0.1) is 0 Å². The van der Waals surface area contributed by atoms with E-state index in [-0.39, 0.29) is 5.82 Å². The van der Waals surface area contributed by atoms with Crippen molar-refractivity contribution in [1.82, 2.24) is 19.9 Å². The molecule has 3 rings (SSSR count). The number of carbonyl (C=O) groups is 1. The Morgan fingerprint density at radius 3 is 2.86 bits per heavy atom. The van der Waals surface area contributed by atoms with Crippen molar-refractivity contribution in [3.8, 4) is 0 Å². The molecule has 1 aromatic carbocycles. The molecule has 7 heteroatoms. The molecule has 2 aromatic heterocycles. The number of aromatic nitrogens is 4. The van der Waals surface area contributed by atoms with Gasteiger partial charge in [-0.1, -0.05) is 30.3 Å². The van der Waals surface area contributed by atoms with E-state index in [1.165, 1.54) is 6.33 Å². The summed E-state index contributed by atoms with van der Waals surface area (Å²) in [5.41, 5.74) is 2.13. The highest BCUT2D eigenvalue weighted by molar-refractivity contribution is 5.92. The first kappa shape index (κ1) is 14.0. The Hall–Kier alpha value is -2.96. The number of rotatable bonds is 5. The monoisotopic (exact) mass is 297 g/mol. The van der Waals surface area contributed by atoms with Crippen molar-refractivity contribution in [2.24, 2.45) is 0 Å². The van der Waals surface area contributed by atoms with Crippen LogP contribution in [-0.4, -0.2) is 32.5 Å². The first-order valence-corrected chi connectivity index (χ1v) is 6.93. The molecule has 0 aliphatic rings. The Morgan fingerprint density at radius 1 is 1.27 bits per heavy atom. The number of nitrogens with one attached hydrogen (secondary N) is 2. The standard InChI is InChI=1S/C15H15N5O2/c1-2-22-15(21)14-19-11-12(17-9-18-13(11)20-14)16-8-10-6-4-3-5-7-10/h3-7,9H,2,8H2,1H3,(H2,16,17,18,19,20). The zero-order valence-electron chi connectivity index (χ0n) is 12.0. The summed E-state index contributed by atoms with van der Waals surface area (Å²) in [6.07, 6.45) is 1.42. The van der Waals surface area contributed by atoms with Gasteiger partial charge >= 0.3 is 5.97 Å². The van der Waals surface area contributed by atoms with E-state index in [0.717, 1.165) is 5.56 Å². The van der Waals surface area contributed by atoms with Crippen LogP contribution in [0.4, 0.5) is 5.82 Å². The maximum atomic E-state index is 11.7. The van der Waals surface area contributed by atoms with Crippen molar-refractivity contribution in [3.05, 3.63) is 48.0 Å². The highest BCUT2D eigenvalue weighted by atomic mass is 16.5. The van der Waals surface area contributed by atoms with Gasteiger partial charge in [-0.05, 0) is 12.5 Å². The zero-order valence-corrected chi connectivity index (χ0v) is 12.0. The number of hydrogen-bond acceptors (Lipinski definition) is 6. The topological polar surface area (TPSA) is 92.8 Å². The molecular weight excluding hydrogens is 282 g/mol. The van der Waals surface area contributed by atoms with Crippen LogP contribution < -0.4 is 5.32 Å². The van der Waals surface area contributed by atoms with E-state index >= 15 is 0 Å². The molecule has 0 saturated heterocycles. The fraction of sp³-hybridized carbons (Fsp3) is 0.200. The van der Waals surface area contributed by atoms with Crippen LogP contribution in [0.1, 0.15) is 23.1 Å². The van der Waals surface area contributed by atoms with Crippen LogP contribution in [0, 0.1) is 0 Å². The van der Waals surface area contributed by atoms with Crippen LogP contribution in [0.25, 0.3) is 11.2 Å². The normalized spacial score (nSPS) is 10.6. The Kier molecular flexibility index (Phi) is 3.95. The largest absolute Gasteiger partial charge is 0.460 e. The van der Waals surface area contributed by atoms with Crippen molar-refractivity contribution in [1.29, 1.82) is 0 Å². The van der Waals surface area contributed by atoms with Gasteiger partial charge in [-0.25, -0.2) is 19.7 Å². The second-order valence-electron chi connectivity index (χ2n) is 4.56. The first-order chi connectivity index (χ1) is 10.8. The molecule has 0 unspecified atom stereocenters. The maximum absolute atomic E-state index is 11.7. The Labute approximate surface area is 126 Å². The minimum atomic E-state index is -0.505. The number of aromatic amines is 1. The van der Waals surface area contributed by atoms with Crippen LogP contribution in [0.5, 0.6) is 0 Å². The summed E-state index contributed by atoms with van der Waals surface area (Å²) in [5.74, 6) is 0.190. The fourth-order valence-corrected chi connectivity index (χ4v) is 2.04. The minimum absolute atomic E-state index is 0.125. The van der Waals surface area contributed by atoms with Crippen molar-refractivity contribution in [2.45, 2.75) is 13.5 Å². The predicted molar refractivity (Wildman–Crippen MR) is 81.4 cm³/mol. The number of ether oxygens (including phenoxy) is 1. The number of fused-ring (bicyclic) bond motifs is 1. The predicted octanol–water partition coefficient (Wildman–Crippen LogP) is 2.14. The molecule has 0 bridgehead atoms. The molecule has 3 aromatic rings. The summed E-state index contributed by atoms with van der Waals surface area (Å²) in [6.45, 7) is 2.64. The average Bonchev–Trinajstić information content (AvgIpc) is 2.99. The lowest BCUT2D eigenvalue weighted by Gasteiger charge is -2.05. The lowest BCUT2D eigenvalue weighted by atomic mass is 10.2. The lowest BCUT2D eigenvalue weighted by Crippen LogP contribution is -2.06. The Balaban J connectivity index is 1.85. The molecule has 0 spiro atoms. The van der Waals surface area contributed by atoms with Crippen molar-refractivity contribution >= 4 is 23.0 Å². The molecule has 2 N–H and O–H groups in total. The van der Waals surface area contributed by atoms with Gasteiger partial charge in [0.15, 0.2) is 17.0 Å². The molecule has 0 saturated carbocycles. The Bertz CT molecular complexity index is 785. The quantitative estimate of drug-likeness (QED) is 0.701. The van der Waals surface area contributed by atoms with Gasteiger partial charge in [-0.2, -0.15) is 0 Å².